The molecule has 6 nitrogen and oxygen atoms in total. The maximum Gasteiger partial charge on any atom is 0.573 e. The summed E-state index contributed by atoms with van der Waals surface area (Å²) in [6.07, 6.45) is -4.76. The van der Waals surface area contributed by atoms with Gasteiger partial charge in [-0.1, -0.05) is 12.1 Å². The van der Waals surface area contributed by atoms with Crippen molar-refractivity contribution in [2.24, 2.45) is 5.73 Å². The lowest BCUT2D eigenvalue weighted by Crippen LogP contribution is -2.26. The molecule has 0 saturated heterocycles. The highest BCUT2D eigenvalue weighted by Crippen LogP contribution is 2.25. The summed E-state index contributed by atoms with van der Waals surface area (Å²) in [5.41, 5.74) is 6.56. The first-order valence-electron chi connectivity index (χ1n) is 9.45. The first kappa shape index (κ1) is 22.7. The van der Waals surface area contributed by atoms with Crippen molar-refractivity contribution in [3.05, 3.63) is 89.5 Å². The second kappa shape index (κ2) is 9.42. The summed E-state index contributed by atoms with van der Waals surface area (Å²) in [6, 6.07) is 17.5. The number of ether oxygens (including phenoxy) is 2. The Morgan fingerprint density at radius 3 is 1.75 bits per heavy atom. The van der Waals surface area contributed by atoms with Gasteiger partial charge in [-0.3, -0.25) is 9.59 Å². The van der Waals surface area contributed by atoms with Crippen LogP contribution in [0, 0.1) is 0 Å². The predicted molar refractivity (Wildman–Crippen MR) is 110 cm³/mol. The number of primary amides is 1. The molecule has 3 aromatic carbocycles. The van der Waals surface area contributed by atoms with Crippen LogP contribution in [0.3, 0.4) is 0 Å². The van der Waals surface area contributed by atoms with Gasteiger partial charge in [0.05, 0.1) is 6.04 Å². The van der Waals surface area contributed by atoms with Gasteiger partial charge in [-0.25, -0.2) is 0 Å². The molecule has 3 rings (SSSR count). The Hall–Kier alpha value is -4.01. The predicted octanol–water partition coefficient (Wildman–Crippen LogP) is 4.97. The highest BCUT2D eigenvalue weighted by atomic mass is 19.4. The minimum atomic E-state index is -4.76. The first-order chi connectivity index (χ1) is 15.1. The van der Waals surface area contributed by atoms with E-state index in [9.17, 15) is 22.8 Å². The van der Waals surface area contributed by atoms with E-state index in [0.717, 1.165) is 0 Å². The molecule has 0 aliphatic carbocycles. The molecule has 2 amide bonds. The lowest BCUT2D eigenvalue weighted by atomic mass is 10.1. The van der Waals surface area contributed by atoms with Gasteiger partial charge in [-0.15, -0.1) is 13.2 Å². The molecule has 32 heavy (non-hydrogen) atoms. The molecule has 0 aliphatic heterocycles. The molecule has 0 spiro atoms. The fraction of sp³-hybridized carbons (Fsp3) is 0.130. The maximum absolute atomic E-state index is 12.5. The van der Waals surface area contributed by atoms with Gasteiger partial charge in [-0.2, -0.15) is 0 Å². The normalized spacial score (nSPS) is 12.0. The van der Waals surface area contributed by atoms with Crippen LogP contribution < -0.4 is 20.5 Å². The highest BCUT2D eigenvalue weighted by Gasteiger charge is 2.31. The lowest BCUT2D eigenvalue weighted by molar-refractivity contribution is -0.274. The van der Waals surface area contributed by atoms with Crippen LogP contribution in [0.15, 0.2) is 72.8 Å². The number of carbonyl (C=O) groups is 2. The van der Waals surface area contributed by atoms with Crippen molar-refractivity contribution in [3.8, 4) is 17.2 Å². The summed E-state index contributed by atoms with van der Waals surface area (Å²) in [4.78, 5) is 23.6. The van der Waals surface area contributed by atoms with Crippen LogP contribution in [0.2, 0.25) is 0 Å². The topological polar surface area (TPSA) is 90.6 Å². The zero-order valence-corrected chi connectivity index (χ0v) is 16.8. The minimum Gasteiger partial charge on any atom is -0.457 e. The Labute approximate surface area is 181 Å². The number of benzene rings is 3. The molecular formula is C23H19F3N2O4. The van der Waals surface area contributed by atoms with Gasteiger partial charge in [0.15, 0.2) is 0 Å². The monoisotopic (exact) mass is 444 g/mol. The van der Waals surface area contributed by atoms with Crippen molar-refractivity contribution in [2.45, 2.75) is 19.3 Å². The molecule has 0 fully saturated rings. The Morgan fingerprint density at radius 2 is 1.28 bits per heavy atom. The summed E-state index contributed by atoms with van der Waals surface area (Å²) in [7, 11) is 0. The fourth-order valence-electron chi connectivity index (χ4n) is 2.82. The zero-order chi connectivity index (χ0) is 23.3. The van der Waals surface area contributed by atoms with Crippen LogP contribution >= 0.6 is 0 Å². The van der Waals surface area contributed by atoms with E-state index in [0.29, 0.717) is 28.2 Å². The van der Waals surface area contributed by atoms with E-state index in [4.69, 9.17) is 10.5 Å². The molecule has 0 radical (unpaired) electrons. The van der Waals surface area contributed by atoms with Crippen LogP contribution in [0.5, 0.6) is 17.2 Å². The molecule has 0 bridgehead atoms. The van der Waals surface area contributed by atoms with E-state index in [-0.39, 0.29) is 11.7 Å². The van der Waals surface area contributed by atoms with Gasteiger partial charge in [0, 0.05) is 11.1 Å². The van der Waals surface area contributed by atoms with E-state index in [1.807, 2.05) is 0 Å². The third kappa shape index (κ3) is 6.24. The van der Waals surface area contributed by atoms with Crippen molar-refractivity contribution in [2.75, 3.05) is 0 Å². The maximum atomic E-state index is 12.5. The van der Waals surface area contributed by atoms with E-state index < -0.39 is 18.3 Å². The smallest absolute Gasteiger partial charge is 0.457 e. The second-order valence-electron chi connectivity index (χ2n) is 6.83. The third-order valence-electron chi connectivity index (χ3n) is 4.45. The number of nitrogens with one attached hydrogen (secondary N) is 1. The van der Waals surface area contributed by atoms with Crippen LogP contribution in [-0.2, 0) is 0 Å². The van der Waals surface area contributed by atoms with E-state index in [1.54, 1.807) is 55.5 Å². The molecule has 166 valence electrons. The van der Waals surface area contributed by atoms with Gasteiger partial charge in [0.25, 0.3) is 5.91 Å². The lowest BCUT2D eigenvalue weighted by Gasteiger charge is -2.16. The van der Waals surface area contributed by atoms with Crippen LogP contribution in [0.1, 0.15) is 39.2 Å². The summed E-state index contributed by atoms with van der Waals surface area (Å²) in [5.74, 6) is -0.239. The van der Waals surface area contributed by atoms with Crippen molar-refractivity contribution >= 4 is 11.8 Å². The fourth-order valence-corrected chi connectivity index (χ4v) is 2.82. The highest BCUT2D eigenvalue weighted by molar-refractivity contribution is 5.94. The summed E-state index contributed by atoms with van der Waals surface area (Å²) in [6.45, 7) is 1.71. The van der Waals surface area contributed by atoms with E-state index >= 15 is 0 Å². The molecule has 3 N–H and O–H groups in total. The number of hydrogen-bond donors (Lipinski definition) is 2. The number of carbonyl (C=O) groups excluding carboxylic acids is 2. The van der Waals surface area contributed by atoms with Crippen molar-refractivity contribution < 1.29 is 32.2 Å². The van der Waals surface area contributed by atoms with E-state index in [2.05, 4.69) is 10.1 Å². The number of alkyl halides is 3. The largest absolute Gasteiger partial charge is 0.573 e. The quantitative estimate of drug-likeness (QED) is 0.539. The van der Waals surface area contributed by atoms with Gasteiger partial charge >= 0.3 is 6.36 Å². The summed E-state index contributed by atoms with van der Waals surface area (Å²) in [5, 5.41) is 2.78. The molecule has 0 heterocycles. The van der Waals surface area contributed by atoms with Gasteiger partial charge in [0.1, 0.15) is 17.2 Å². The number of halogens is 3. The number of rotatable bonds is 7. The summed E-state index contributed by atoms with van der Waals surface area (Å²) < 4.78 is 46.3. The third-order valence-corrected chi connectivity index (χ3v) is 4.45. The SMILES string of the molecule is CC(NC(=O)c1ccc(Oc2ccc(C(N)=O)cc2)cc1)c1ccc(OC(F)(F)F)cc1. The Bertz CT molecular complexity index is 1080. The van der Waals surface area contributed by atoms with Gasteiger partial charge < -0.3 is 20.5 Å². The van der Waals surface area contributed by atoms with Crippen molar-refractivity contribution in [1.82, 2.24) is 5.32 Å². The second-order valence-corrected chi connectivity index (χ2v) is 6.83. The average molecular weight is 444 g/mol. The minimum absolute atomic E-state index is 0.334. The molecule has 0 aromatic heterocycles. The molecule has 9 heteroatoms. The van der Waals surface area contributed by atoms with Crippen molar-refractivity contribution in [1.29, 1.82) is 0 Å². The Kier molecular flexibility index (Phi) is 6.67. The van der Waals surface area contributed by atoms with Crippen molar-refractivity contribution in [3.63, 3.8) is 0 Å². The standard InChI is InChI=1S/C23H19F3N2O4/c1-14(15-2-12-20(13-3-15)32-23(24,25)26)28-22(30)17-6-10-19(11-7-17)31-18-8-4-16(5-9-18)21(27)29/h2-14H,1H3,(H2,27,29)(H,28,30). The number of hydrogen-bond acceptors (Lipinski definition) is 4. The van der Waals surface area contributed by atoms with E-state index in [1.165, 1.54) is 24.3 Å². The van der Waals surface area contributed by atoms with Gasteiger partial charge in [-0.05, 0) is 73.2 Å². The van der Waals surface area contributed by atoms with Crippen LogP contribution in [0.25, 0.3) is 0 Å². The number of amides is 2. The molecular weight excluding hydrogens is 425 g/mol. The average Bonchev–Trinajstić information content (AvgIpc) is 2.74. The van der Waals surface area contributed by atoms with Crippen LogP contribution in [-0.4, -0.2) is 18.2 Å². The summed E-state index contributed by atoms with van der Waals surface area (Å²) >= 11 is 0. The zero-order valence-electron chi connectivity index (χ0n) is 16.8. The number of nitrogens with two attached hydrogens (primary N) is 1. The molecule has 0 saturated carbocycles. The Balaban J connectivity index is 1.58. The molecule has 1 unspecified atom stereocenters. The molecule has 0 aliphatic rings. The molecule has 1 atom stereocenters. The van der Waals surface area contributed by atoms with Gasteiger partial charge in [0.2, 0.25) is 5.91 Å². The van der Waals surface area contributed by atoms with Crippen LogP contribution in [0.4, 0.5) is 13.2 Å². The first-order valence-corrected chi connectivity index (χ1v) is 9.45. The molecule has 3 aromatic rings. The Morgan fingerprint density at radius 1 is 0.812 bits per heavy atom.